The number of nitrogens with zero attached hydrogens (tertiary/aromatic N) is 4. The standard InChI is InChI=1S/C25H29FN6O/c1-16-6-5-7-17(2)23(16)30-24(33)19-13-27-25(28-14-19)29-20-8-9-22(21(26)12-20)32-11-10-31(4)18(3)15-32/h5-9,12-14,18H,10-11,15H2,1-4H3,(H,30,33)(H,27,28,29). The highest BCUT2D eigenvalue weighted by atomic mass is 19.1. The maximum Gasteiger partial charge on any atom is 0.258 e. The van der Waals surface area contributed by atoms with Crippen LogP contribution in [0.15, 0.2) is 48.8 Å². The smallest absolute Gasteiger partial charge is 0.258 e. The Labute approximate surface area is 193 Å². The molecule has 0 saturated carbocycles. The van der Waals surface area contributed by atoms with Gasteiger partial charge in [-0.15, -0.1) is 0 Å². The van der Waals surface area contributed by atoms with Crippen LogP contribution in [0.2, 0.25) is 0 Å². The van der Waals surface area contributed by atoms with Gasteiger partial charge in [-0.25, -0.2) is 14.4 Å². The van der Waals surface area contributed by atoms with Crippen LogP contribution in [0.25, 0.3) is 0 Å². The average Bonchev–Trinajstić information content (AvgIpc) is 2.79. The fourth-order valence-electron chi connectivity index (χ4n) is 3.94. The summed E-state index contributed by atoms with van der Waals surface area (Å²) in [7, 11) is 2.09. The van der Waals surface area contributed by atoms with Gasteiger partial charge in [0.25, 0.3) is 5.91 Å². The van der Waals surface area contributed by atoms with Crippen LogP contribution < -0.4 is 15.5 Å². The van der Waals surface area contributed by atoms with E-state index in [-0.39, 0.29) is 11.7 Å². The second-order valence-corrected chi connectivity index (χ2v) is 8.58. The van der Waals surface area contributed by atoms with Gasteiger partial charge in [0, 0.05) is 49.4 Å². The molecule has 1 atom stereocenters. The number of para-hydroxylation sites is 1. The highest BCUT2D eigenvalue weighted by Gasteiger charge is 2.22. The van der Waals surface area contributed by atoms with E-state index in [0.29, 0.717) is 28.9 Å². The van der Waals surface area contributed by atoms with E-state index in [1.54, 1.807) is 6.07 Å². The number of likely N-dealkylation sites (N-methyl/N-ethyl adjacent to an activating group) is 1. The van der Waals surface area contributed by atoms with Gasteiger partial charge < -0.3 is 20.4 Å². The van der Waals surface area contributed by atoms with Gasteiger partial charge in [-0.1, -0.05) is 18.2 Å². The van der Waals surface area contributed by atoms with Gasteiger partial charge in [0.15, 0.2) is 0 Å². The Hall–Kier alpha value is -3.52. The van der Waals surface area contributed by atoms with Crippen molar-refractivity contribution in [2.24, 2.45) is 0 Å². The third-order valence-electron chi connectivity index (χ3n) is 6.14. The van der Waals surface area contributed by atoms with Crippen molar-refractivity contribution in [3.63, 3.8) is 0 Å². The summed E-state index contributed by atoms with van der Waals surface area (Å²) in [5, 5.41) is 5.92. The molecule has 2 aromatic carbocycles. The number of rotatable bonds is 5. The maximum absolute atomic E-state index is 14.8. The van der Waals surface area contributed by atoms with Gasteiger partial charge in [0.2, 0.25) is 5.95 Å². The normalized spacial score (nSPS) is 16.5. The highest BCUT2D eigenvalue weighted by molar-refractivity contribution is 6.04. The molecular formula is C25H29FN6O. The quantitative estimate of drug-likeness (QED) is 0.604. The summed E-state index contributed by atoms with van der Waals surface area (Å²) in [6, 6.07) is 11.2. The van der Waals surface area contributed by atoms with E-state index in [9.17, 15) is 9.18 Å². The molecule has 1 aliphatic rings. The molecule has 33 heavy (non-hydrogen) atoms. The number of carbonyl (C=O) groups is 1. The summed E-state index contributed by atoms with van der Waals surface area (Å²) in [5.74, 6) is -0.281. The van der Waals surface area contributed by atoms with E-state index in [4.69, 9.17) is 0 Å². The lowest BCUT2D eigenvalue weighted by atomic mass is 10.1. The number of hydrogen-bond acceptors (Lipinski definition) is 6. The average molecular weight is 449 g/mol. The van der Waals surface area contributed by atoms with E-state index < -0.39 is 0 Å². The fourth-order valence-corrected chi connectivity index (χ4v) is 3.94. The zero-order valence-corrected chi connectivity index (χ0v) is 19.4. The first-order valence-electron chi connectivity index (χ1n) is 11.0. The maximum atomic E-state index is 14.8. The molecule has 1 unspecified atom stereocenters. The van der Waals surface area contributed by atoms with E-state index >= 15 is 0 Å². The number of anilines is 4. The zero-order chi connectivity index (χ0) is 23.5. The highest BCUT2D eigenvalue weighted by Crippen LogP contribution is 2.26. The van der Waals surface area contributed by atoms with Crippen LogP contribution >= 0.6 is 0 Å². The molecule has 7 nitrogen and oxygen atoms in total. The predicted octanol–water partition coefficient (Wildman–Crippen LogP) is 4.37. The second kappa shape index (κ2) is 9.54. The van der Waals surface area contributed by atoms with E-state index in [1.807, 2.05) is 38.1 Å². The Morgan fingerprint density at radius 3 is 2.42 bits per heavy atom. The number of aromatic nitrogens is 2. The van der Waals surface area contributed by atoms with Gasteiger partial charge >= 0.3 is 0 Å². The van der Waals surface area contributed by atoms with Gasteiger partial charge in [-0.2, -0.15) is 0 Å². The number of piperazine rings is 1. The lowest BCUT2D eigenvalue weighted by molar-refractivity contribution is 0.102. The van der Waals surface area contributed by atoms with Crippen LogP contribution in [0, 0.1) is 19.7 Å². The van der Waals surface area contributed by atoms with Crippen molar-refractivity contribution in [1.82, 2.24) is 14.9 Å². The van der Waals surface area contributed by atoms with Gasteiger partial charge in [0.05, 0.1) is 11.3 Å². The number of hydrogen-bond donors (Lipinski definition) is 2. The summed E-state index contributed by atoms with van der Waals surface area (Å²) < 4.78 is 14.8. The third-order valence-corrected chi connectivity index (χ3v) is 6.14. The van der Waals surface area contributed by atoms with Crippen molar-refractivity contribution < 1.29 is 9.18 Å². The molecule has 0 aliphatic carbocycles. The number of nitrogens with one attached hydrogen (secondary N) is 2. The Balaban J connectivity index is 1.42. The molecule has 1 amide bonds. The lowest BCUT2D eigenvalue weighted by Crippen LogP contribution is -2.50. The number of amides is 1. The van der Waals surface area contributed by atoms with Crippen LogP contribution in [0.5, 0.6) is 0 Å². The zero-order valence-electron chi connectivity index (χ0n) is 19.4. The van der Waals surface area contributed by atoms with Gasteiger partial charge in [-0.05, 0) is 57.1 Å². The minimum absolute atomic E-state index is 0.282. The molecule has 1 fully saturated rings. The molecule has 2 heterocycles. The Bertz CT molecular complexity index is 1130. The van der Waals surface area contributed by atoms with E-state index in [1.165, 1.54) is 18.5 Å². The Morgan fingerprint density at radius 1 is 1.09 bits per heavy atom. The first kappa shape index (κ1) is 22.7. The molecule has 8 heteroatoms. The molecule has 3 aromatic rings. The molecule has 0 bridgehead atoms. The van der Waals surface area contributed by atoms with Gasteiger partial charge in [-0.3, -0.25) is 4.79 Å². The van der Waals surface area contributed by atoms with Crippen molar-refractivity contribution in [3.8, 4) is 0 Å². The number of aryl methyl sites for hydroxylation is 2. The molecule has 4 rings (SSSR count). The summed E-state index contributed by atoms with van der Waals surface area (Å²) in [6.45, 7) is 8.51. The summed E-state index contributed by atoms with van der Waals surface area (Å²) >= 11 is 0. The number of halogens is 1. The van der Waals surface area contributed by atoms with Gasteiger partial charge in [0.1, 0.15) is 5.82 Å². The predicted molar refractivity (Wildman–Crippen MR) is 130 cm³/mol. The fraction of sp³-hybridized carbons (Fsp3) is 0.320. The van der Waals surface area contributed by atoms with Crippen molar-refractivity contribution in [3.05, 3.63) is 71.3 Å². The third kappa shape index (κ3) is 5.12. The molecule has 172 valence electrons. The van der Waals surface area contributed by atoms with Crippen LogP contribution in [-0.4, -0.2) is 53.5 Å². The second-order valence-electron chi connectivity index (χ2n) is 8.58. The van der Waals surface area contributed by atoms with Crippen LogP contribution in [0.1, 0.15) is 28.4 Å². The first-order valence-corrected chi connectivity index (χ1v) is 11.0. The summed E-state index contributed by atoms with van der Waals surface area (Å²) in [4.78, 5) is 25.4. The van der Waals surface area contributed by atoms with Crippen molar-refractivity contribution in [1.29, 1.82) is 0 Å². The lowest BCUT2D eigenvalue weighted by Gasteiger charge is -2.39. The Kier molecular flexibility index (Phi) is 6.55. The number of benzene rings is 2. The SMILES string of the molecule is Cc1cccc(C)c1NC(=O)c1cnc(Nc2ccc(N3CCN(C)C(C)C3)c(F)c2)nc1. The molecule has 2 N–H and O–H groups in total. The summed E-state index contributed by atoms with van der Waals surface area (Å²) in [5.41, 5.74) is 4.24. The van der Waals surface area contributed by atoms with Crippen LogP contribution in [-0.2, 0) is 0 Å². The molecule has 0 radical (unpaired) electrons. The topological polar surface area (TPSA) is 73.4 Å². The van der Waals surface area contributed by atoms with Crippen LogP contribution in [0.3, 0.4) is 0 Å². The molecule has 1 aromatic heterocycles. The number of carbonyl (C=O) groups excluding carboxylic acids is 1. The molecule has 1 aliphatic heterocycles. The summed E-state index contributed by atoms with van der Waals surface area (Å²) in [6.07, 6.45) is 2.91. The van der Waals surface area contributed by atoms with Crippen molar-refractivity contribution >= 4 is 28.9 Å². The van der Waals surface area contributed by atoms with Crippen molar-refractivity contribution in [2.45, 2.75) is 26.8 Å². The molecule has 0 spiro atoms. The van der Waals surface area contributed by atoms with Crippen LogP contribution in [0.4, 0.5) is 27.4 Å². The minimum Gasteiger partial charge on any atom is -0.366 e. The largest absolute Gasteiger partial charge is 0.366 e. The Morgan fingerprint density at radius 2 is 1.79 bits per heavy atom. The van der Waals surface area contributed by atoms with Crippen molar-refractivity contribution in [2.75, 3.05) is 42.2 Å². The van der Waals surface area contributed by atoms with E-state index in [2.05, 4.69) is 44.4 Å². The minimum atomic E-state index is -0.290. The first-order chi connectivity index (χ1) is 15.8. The molecule has 1 saturated heterocycles. The molecular weight excluding hydrogens is 419 g/mol. The van der Waals surface area contributed by atoms with E-state index in [0.717, 1.165) is 36.4 Å². The monoisotopic (exact) mass is 448 g/mol.